The van der Waals surface area contributed by atoms with Crippen LogP contribution in [-0.4, -0.2) is 74.0 Å². The number of aliphatic hydroxyl groups is 2. The fraction of sp³-hybridized carbons (Fsp3) is 0.828. The van der Waals surface area contributed by atoms with E-state index in [2.05, 4.69) is 27.4 Å². The molecule has 3 N–H and O–H groups in total. The van der Waals surface area contributed by atoms with E-state index in [0.29, 0.717) is 37.2 Å². The third kappa shape index (κ3) is 4.65. The van der Waals surface area contributed by atoms with Crippen molar-refractivity contribution < 1.29 is 34.5 Å². The third-order valence-corrected chi connectivity index (χ3v) is 12.5. The second-order valence-electron chi connectivity index (χ2n) is 12.9. The van der Waals surface area contributed by atoms with Gasteiger partial charge in [0.05, 0.1) is 24.0 Å². The highest BCUT2D eigenvalue weighted by molar-refractivity contribution is 8.00. The largest absolute Gasteiger partial charge is 0.461 e. The Morgan fingerprint density at radius 2 is 1.92 bits per heavy atom. The van der Waals surface area contributed by atoms with E-state index in [9.17, 15) is 29.8 Å². The van der Waals surface area contributed by atoms with Crippen LogP contribution in [0.15, 0.2) is 12.7 Å². The summed E-state index contributed by atoms with van der Waals surface area (Å²) in [7, 11) is 0. The van der Waals surface area contributed by atoms with Crippen molar-refractivity contribution in [1.82, 2.24) is 5.06 Å². The zero-order chi connectivity index (χ0) is 28.0. The van der Waals surface area contributed by atoms with Gasteiger partial charge in [-0.05, 0) is 62.2 Å². The SMILES string of the molecule is C=C[C@]1(C)C[C@@H](OC(=O)CS[C@H]2CCC[C@@H](N(O)C=O)[C@@H]2O)[C@]2(C)[C@H](C)CC[C@]3(CCC(=O)[C@H]32)[C@@H](C)[C@@H]1O. The van der Waals surface area contributed by atoms with E-state index < -0.39 is 41.2 Å². The minimum Gasteiger partial charge on any atom is -0.461 e. The molecule has 9 heteroatoms. The van der Waals surface area contributed by atoms with Crippen LogP contribution >= 0.6 is 11.8 Å². The lowest BCUT2D eigenvalue weighted by Crippen LogP contribution is -2.63. The van der Waals surface area contributed by atoms with Gasteiger partial charge < -0.3 is 14.9 Å². The molecule has 0 aromatic carbocycles. The minimum absolute atomic E-state index is 0.00937. The first-order chi connectivity index (χ1) is 17.9. The maximum absolute atomic E-state index is 13.5. The highest BCUT2D eigenvalue weighted by Gasteiger charge is 2.68. The first-order valence-electron chi connectivity index (χ1n) is 14.1. The molecule has 2 bridgehead atoms. The summed E-state index contributed by atoms with van der Waals surface area (Å²) in [5, 5.41) is 32.3. The number of rotatable bonds is 7. The van der Waals surface area contributed by atoms with Crippen LogP contribution in [0, 0.1) is 34.0 Å². The lowest BCUT2D eigenvalue weighted by Gasteiger charge is -2.61. The monoisotopic (exact) mass is 551 g/mol. The Morgan fingerprint density at radius 3 is 2.58 bits per heavy atom. The number of aliphatic hydroxyl groups excluding tert-OH is 2. The van der Waals surface area contributed by atoms with Gasteiger partial charge in [-0.25, -0.2) is 5.06 Å². The molecule has 0 unspecified atom stereocenters. The molecular formula is C29H45NO7S. The summed E-state index contributed by atoms with van der Waals surface area (Å²) in [5.74, 6) is -0.396. The van der Waals surface area contributed by atoms with Gasteiger partial charge in [-0.3, -0.25) is 19.6 Å². The van der Waals surface area contributed by atoms with Crippen molar-refractivity contribution in [2.75, 3.05) is 5.75 Å². The Balaban J connectivity index is 1.59. The average molecular weight is 552 g/mol. The predicted octanol–water partition coefficient (Wildman–Crippen LogP) is 3.76. The van der Waals surface area contributed by atoms with Crippen LogP contribution in [0.5, 0.6) is 0 Å². The molecule has 0 heterocycles. The summed E-state index contributed by atoms with van der Waals surface area (Å²) in [6.07, 6.45) is 5.14. The molecule has 8 nitrogen and oxygen atoms in total. The lowest BCUT2D eigenvalue weighted by molar-refractivity contribution is -0.205. The maximum Gasteiger partial charge on any atom is 0.316 e. The Hall–Kier alpha value is -1.42. The van der Waals surface area contributed by atoms with Crippen LogP contribution in [0.1, 0.15) is 79.1 Å². The second kappa shape index (κ2) is 10.9. The number of carbonyl (C=O) groups excluding carboxylic acids is 3. The smallest absolute Gasteiger partial charge is 0.316 e. The molecule has 0 saturated heterocycles. The van der Waals surface area contributed by atoms with Gasteiger partial charge >= 0.3 is 5.97 Å². The Labute approximate surface area is 230 Å². The molecule has 4 aliphatic rings. The van der Waals surface area contributed by atoms with Crippen molar-refractivity contribution in [2.45, 2.75) is 109 Å². The summed E-state index contributed by atoms with van der Waals surface area (Å²) in [5.41, 5.74) is -1.58. The van der Waals surface area contributed by atoms with Crippen LogP contribution < -0.4 is 0 Å². The van der Waals surface area contributed by atoms with E-state index in [-0.39, 0.29) is 40.0 Å². The first kappa shape index (κ1) is 29.6. The molecule has 4 aliphatic carbocycles. The van der Waals surface area contributed by atoms with Gasteiger partial charge in [-0.2, -0.15) is 0 Å². The molecule has 0 aromatic heterocycles. The zero-order valence-electron chi connectivity index (χ0n) is 23.2. The zero-order valence-corrected chi connectivity index (χ0v) is 24.0. The Morgan fingerprint density at radius 1 is 1.21 bits per heavy atom. The van der Waals surface area contributed by atoms with Crippen LogP contribution in [0.4, 0.5) is 0 Å². The topological polar surface area (TPSA) is 124 Å². The number of ketones is 1. The van der Waals surface area contributed by atoms with Gasteiger partial charge in [-0.1, -0.05) is 33.8 Å². The molecule has 38 heavy (non-hydrogen) atoms. The predicted molar refractivity (Wildman–Crippen MR) is 144 cm³/mol. The number of ether oxygens (including phenoxy) is 1. The molecule has 0 spiro atoms. The van der Waals surface area contributed by atoms with Crippen LogP contribution in [-0.2, 0) is 19.1 Å². The Bertz CT molecular complexity index is 946. The molecule has 4 fully saturated rings. The van der Waals surface area contributed by atoms with Crippen molar-refractivity contribution in [2.24, 2.45) is 34.0 Å². The summed E-state index contributed by atoms with van der Waals surface area (Å²) in [4.78, 5) is 37.8. The van der Waals surface area contributed by atoms with Crippen LogP contribution in [0.3, 0.4) is 0 Å². The van der Waals surface area contributed by atoms with E-state index in [0.717, 1.165) is 25.7 Å². The molecule has 1 amide bonds. The van der Waals surface area contributed by atoms with Crippen molar-refractivity contribution in [3.63, 3.8) is 0 Å². The number of nitrogens with zero attached hydrogens (tertiary/aromatic N) is 1. The number of hydroxylamine groups is 2. The van der Waals surface area contributed by atoms with Crippen molar-refractivity contribution in [1.29, 1.82) is 0 Å². The second-order valence-corrected chi connectivity index (χ2v) is 14.1. The van der Waals surface area contributed by atoms with E-state index in [1.807, 2.05) is 6.92 Å². The fourth-order valence-corrected chi connectivity index (χ4v) is 9.67. The number of amides is 1. The van der Waals surface area contributed by atoms with Gasteiger partial charge in [0.25, 0.3) is 0 Å². The van der Waals surface area contributed by atoms with Gasteiger partial charge in [0.15, 0.2) is 0 Å². The number of hydrogen-bond donors (Lipinski definition) is 3. The summed E-state index contributed by atoms with van der Waals surface area (Å²) >= 11 is 1.28. The average Bonchev–Trinajstić information content (AvgIpc) is 3.26. The van der Waals surface area contributed by atoms with Crippen LogP contribution in [0.25, 0.3) is 0 Å². The summed E-state index contributed by atoms with van der Waals surface area (Å²) < 4.78 is 6.27. The number of thioether (sulfide) groups is 1. The molecule has 0 aliphatic heterocycles. The van der Waals surface area contributed by atoms with E-state index >= 15 is 0 Å². The third-order valence-electron chi connectivity index (χ3n) is 11.2. The van der Waals surface area contributed by atoms with Crippen molar-refractivity contribution >= 4 is 29.9 Å². The molecule has 11 atom stereocenters. The molecule has 0 radical (unpaired) electrons. The van der Waals surface area contributed by atoms with Crippen molar-refractivity contribution in [3.05, 3.63) is 12.7 Å². The molecule has 4 saturated carbocycles. The minimum atomic E-state index is -0.952. The van der Waals surface area contributed by atoms with E-state index in [1.54, 1.807) is 6.08 Å². The van der Waals surface area contributed by atoms with Gasteiger partial charge in [0, 0.05) is 28.4 Å². The molecule has 0 aromatic rings. The molecule has 4 rings (SSSR count). The van der Waals surface area contributed by atoms with E-state index in [4.69, 9.17) is 4.74 Å². The first-order valence-corrected chi connectivity index (χ1v) is 15.2. The highest BCUT2D eigenvalue weighted by atomic mass is 32.2. The summed E-state index contributed by atoms with van der Waals surface area (Å²) in [6.45, 7) is 12.4. The Kier molecular flexibility index (Phi) is 8.45. The van der Waals surface area contributed by atoms with Gasteiger partial charge in [-0.15, -0.1) is 18.3 Å². The summed E-state index contributed by atoms with van der Waals surface area (Å²) in [6, 6.07) is -0.694. The van der Waals surface area contributed by atoms with Crippen LogP contribution in [0.2, 0.25) is 0 Å². The lowest BCUT2D eigenvalue weighted by atomic mass is 9.44. The number of esters is 1. The van der Waals surface area contributed by atoms with Gasteiger partial charge in [0.1, 0.15) is 11.9 Å². The highest BCUT2D eigenvalue weighted by Crippen LogP contribution is 2.68. The standard InChI is InChI=1S/C29H45NO7S/c1-6-27(4)14-22(37-23(33)15-38-21-9-7-8-19(24(21)34)30(36)16-31)28(5)17(2)10-12-29(18(3)26(27)35)13-11-20(32)25(28)29/h6,16-19,21-22,24-26,34-36H,1,7-15H2,2-5H3/t17-,18+,19-,21+,22-,24+,25+,26+,27-,28+,29+/m1/s1. The van der Waals surface area contributed by atoms with Crippen molar-refractivity contribution in [3.8, 4) is 0 Å². The number of Topliss-reactive ketones (excluding diaryl/α,β-unsaturated/α-hetero) is 1. The molecule has 214 valence electrons. The quantitative estimate of drug-likeness (QED) is 0.144. The van der Waals surface area contributed by atoms with E-state index in [1.165, 1.54) is 11.8 Å². The normalized spacial score (nSPS) is 46.9. The fourth-order valence-electron chi connectivity index (χ4n) is 8.54. The molecular weight excluding hydrogens is 506 g/mol. The van der Waals surface area contributed by atoms with Gasteiger partial charge in [0.2, 0.25) is 6.41 Å². The number of hydrogen-bond acceptors (Lipinski definition) is 8. The maximum atomic E-state index is 13.5. The number of carbonyl (C=O) groups is 3.